The maximum Gasteiger partial charge on any atom is 0.196 e. The lowest BCUT2D eigenvalue weighted by atomic mass is 9.98. The van der Waals surface area contributed by atoms with Crippen molar-refractivity contribution < 1.29 is 18.0 Å². The van der Waals surface area contributed by atoms with E-state index < -0.39 is 28.8 Å². The molecule has 0 fully saturated rings. The standard InChI is InChI=1S/C14H10F3NO/c1-7-4-8(18)2-3-9(7)14(19)10-5-12(16)13(17)6-11(10)15/h2-6H,18H2,1H3. The fourth-order valence-electron chi connectivity index (χ4n) is 1.78. The summed E-state index contributed by atoms with van der Waals surface area (Å²) in [7, 11) is 0. The van der Waals surface area contributed by atoms with Crippen molar-refractivity contribution in [2.45, 2.75) is 6.92 Å². The van der Waals surface area contributed by atoms with Crippen molar-refractivity contribution in [3.05, 3.63) is 64.5 Å². The molecule has 0 heterocycles. The van der Waals surface area contributed by atoms with Gasteiger partial charge < -0.3 is 5.73 Å². The Balaban J connectivity index is 2.53. The van der Waals surface area contributed by atoms with Crippen LogP contribution >= 0.6 is 0 Å². The number of rotatable bonds is 2. The molecule has 0 saturated carbocycles. The highest BCUT2D eigenvalue weighted by atomic mass is 19.2. The van der Waals surface area contributed by atoms with Crippen molar-refractivity contribution in [2.75, 3.05) is 5.73 Å². The molecule has 2 aromatic carbocycles. The molecule has 0 aliphatic rings. The van der Waals surface area contributed by atoms with Gasteiger partial charge >= 0.3 is 0 Å². The number of hydrogen-bond acceptors (Lipinski definition) is 2. The molecular weight excluding hydrogens is 255 g/mol. The number of halogens is 3. The molecule has 5 heteroatoms. The predicted octanol–water partition coefficient (Wildman–Crippen LogP) is 3.23. The fraction of sp³-hybridized carbons (Fsp3) is 0.0714. The number of carbonyl (C=O) groups excluding carboxylic acids is 1. The molecule has 2 N–H and O–H groups in total. The highest BCUT2D eigenvalue weighted by Gasteiger charge is 2.19. The molecule has 2 nitrogen and oxygen atoms in total. The second kappa shape index (κ2) is 4.76. The number of aryl methyl sites for hydroxylation is 1. The zero-order valence-electron chi connectivity index (χ0n) is 10.0. The van der Waals surface area contributed by atoms with E-state index in [9.17, 15) is 18.0 Å². The van der Waals surface area contributed by atoms with Crippen LogP contribution in [0.1, 0.15) is 21.5 Å². The molecule has 2 aromatic rings. The molecular formula is C14H10F3NO. The quantitative estimate of drug-likeness (QED) is 0.514. The molecule has 0 amide bonds. The zero-order valence-corrected chi connectivity index (χ0v) is 10.0. The first-order valence-corrected chi connectivity index (χ1v) is 5.45. The Kier molecular flexibility index (Phi) is 3.29. The highest BCUT2D eigenvalue weighted by Crippen LogP contribution is 2.20. The van der Waals surface area contributed by atoms with Gasteiger partial charge in [0.05, 0.1) is 5.56 Å². The van der Waals surface area contributed by atoms with Gasteiger partial charge in [0.25, 0.3) is 0 Å². The molecule has 2 rings (SSSR count). The monoisotopic (exact) mass is 265 g/mol. The first kappa shape index (κ1) is 13.1. The molecule has 0 radical (unpaired) electrons. The summed E-state index contributed by atoms with van der Waals surface area (Å²) >= 11 is 0. The third-order valence-electron chi connectivity index (χ3n) is 2.75. The number of carbonyl (C=O) groups is 1. The summed E-state index contributed by atoms with van der Waals surface area (Å²) < 4.78 is 39.4. The third kappa shape index (κ3) is 2.45. The normalized spacial score (nSPS) is 10.5. The van der Waals surface area contributed by atoms with Gasteiger partial charge in [-0.3, -0.25) is 4.79 Å². The zero-order chi connectivity index (χ0) is 14.2. The molecule has 0 aliphatic heterocycles. The summed E-state index contributed by atoms with van der Waals surface area (Å²) in [4.78, 5) is 12.1. The largest absolute Gasteiger partial charge is 0.399 e. The van der Waals surface area contributed by atoms with Crippen molar-refractivity contribution in [3.8, 4) is 0 Å². The van der Waals surface area contributed by atoms with Gasteiger partial charge in [-0.05, 0) is 36.8 Å². The average molecular weight is 265 g/mol. The Morgan fingerprint density at radius 2 is 1.58 bits per heavy atom. The number of anilines is 1. The van der Waals surface area contributed by atoms with E-state index in [1.165, 1.54) is 12.1 Å². The Hall–Kier alpha value is -2.30. The summed E-state index contributed by atoms with van der Waals surface area (Å²) in [5, 5.41) is 0. The fourth-order valence-corrected chi connectivity index (χ4v) is 1.78. The summed E-state index contributed by atoms with van der Waals surface area (Å²) in [6, 6.07) is 5.37. The van der Waals surface area contributed by atoms with Crippen molar-refractivity contribution in [2.24, 2.45) is 0 Å². The van der Waals surface area contributed by atoms with Gasteiger partial charge in [0.2, 0.25) is 0 Å². The summed E-state index contributed by atoms with van der Waals surface area (Å²) in [6.45, 7) is 1.63. The van der Waals surface area contributed by atoms with Gasteiger partial charge in [-0.25, -0.2) is 13.2 Å². The Labute approximate surface area is 107 Å². The van der Waals surface area contributed by atoms with Crippen LogP contribution in [0.2, 0.25) is 0 Å². The SMILES string of the molecule is Cc1cc(N)ccc1C(=O)c1cc(F)c(F)cc1F. The number of benzene rings is 2. The van der Waals surface area contributed by atoms with Crippen molar-refractivity contribution in [1.82, 2.24) is 0 Å². The highest BCUT2D eigenvalue weighted by molar-refractivity contribution is 6.10. The minimum atomic E-state index is -1.33. The van der Waals surface area contributed by atoms with Crippen LogP contribution < -0.4 is 5.73 Å². The minimum Gasteiger partial charge on any atom is -0.399 e. The molecule has 19 heavy (non-hydrogen) atoms. The summed E-state index contributed by atoms with van der Waals surface area (Å²) in [6.07, 6.45) is 0. The van der Waals surface area contributed by atoms with Gasteiger partial charge in [-0.1, -0.05) is 0 Å². The van der Waals surface area contributed by atoms with Crippen molar-refractivity contribution in [1.29, 1.82) is 0 Å². The Bertz CT molecular complexity index is 668. The summed E-state index contributed by atoms with van der Waals surface area (Å²) in [5.41, 5.74) is 6.23. The van der Waals surface area contributed by atoms with Crippen LogP contribution in [0.25, 0.3) is 0 Å². The van der Waals surface area contributed by atoms with Gasteiger partial charge in [-0.2, -0.15) is 0 Å². The van der Waals surface area contributed by atoms with E-state index in [1.54, 1.807) is 13.0 Å². The average Bonchev–Trinajstić information content (AvgIpc) is 2.33. The molecule has 0 aliphatic carbocycles. The number of nitrogen functional groups attached to an aromatic ring is 1. The van der Waals surface area contributed by atoms with Gasteiger partial charge in [0.1, 0.15) is 5.82 Å². The number of ketones is 1. The van der Waals surface area contributed by atoms with Crippen LogP contribution in [0.5, 0.6) is 0 Å². The maximum absolute atomic E-state index is 13.5. The number of nitrogens with two attached hydrogens (primary N) is 1. The molecule has 98 valence electrons. The van der Waals surface area contributed by atoms with E-state index in [1.807, 2.05) is 0 Å². The van der Waals surface area contributed by atoms with Gasteiger partial charge in [0, 0.05) is 17.3 Å². The molecule has 0 aromatic heterocycles. The van der Waals surface area contributed by atoms with Crippen LogP contribution in [0.3, 0.4) is 0 Å². The topological polar surface area (TPSA) is 43.1 Å². The van der Waals surface area contributed by atoms with E-state index in [4.69, 9.17) is 5.73 Å². The predicted molar refractivity (Wildman–Crippen MR) is 65.3 cm³/mol. The van der Waals surface area contributed by atoms with Crippen LogP contribution in [0.15, 0.2) is 30.3 Å². The van der Waals surface area contributed by atoms with Crippen LogP contribution in [0.4, 0.5) is 18.9 Å². The second-order valence-corrected chi connectivity index (χ2v) is 4.15. The smallest absolute Gasteiger partial charge is 0.196 e. The van der Waals surface area contributed by atoms with Crippen molar-refractivity contribution in [3.63, 3.8) is 0 Å². The van der Waals surface area contributed by atoms with Crippen LogP contribution in [0, 0.1) is 24.4 Å². The molecule has 0 saturated heterocycles. The van der Waals surface area contributed by atoms with E-state index in [0.717, 1.165) is 0 Å². The first-order valence-electron chi connectivity index (χ1n) is 5.45. The molecule has 0 unspecified atom stereocenters. The van der Waals surface area contributed by atoms with E-state index >= 15 is 0 Å². The lowest BCUT2D eigenvalue weighted by Crippen LogP contribution is -2.08. The summed E-state index contributed by atoms with van der Waals surface area (Å²) in [5.74, 6) is -4.41. The molecule has 0 spiro atoms. The lowest BCUT2D eigenvalue weighted by molar-refractivity contribution is 0.103. The Morgan fingerprint density at radius 1 is 0.947 bits per heavy atom. The van der Waals surface area contributed by atoms with Crippen LogP contribution in [-0.2, 0) is 0 Å². The van der Waals surface area contributed by atoms with Gasteiger partial charge in [-0.15, -0.1) is 0 Å². The lowest BCUT2D eigenvalue weighted by Gasteiger charge is -2.07. The Morgan fingerprint density at radius 3 is 2.21 bits per heavy atom. The molecule has 0 bridgehead atoms. The second-order valence-electron chi connectivity index (χ2n) is 4.15. The van der Waals surface area contributed by atoms with E-state index in [0.29, 0.717) is 23.4 Å². The van der Waals surface area contributed by atoms with E-state index in [2.05, 4.69) is 0 Å². The number of hydrogen-bond donors (Lipinski definition) is 1. The molecule has 0 atom stereocenters. The van der Waals surface area contributed by atoms with Gasteiger partial charge in [0.15, 0.2) is 17.4 Å². The van der Waals surface area contributed by atoms with E-state index in [-0.39, 0.29) is 5.56 Å². The minimum absolute atomic E-state index is 0.194. The first-order chi connectivity index (χ1) is 8.90. The maximum atomic E-state index is 13.5. The van der Waals surface area contributed by atoms with Crippen LogP contribution in [-0.4, -0.2) is 5.78 Å². The third-order valence-corrected chi connectivity index (χ3v) is 2.75. The van der Waals surface area contributed by atoms with Crippen molar-refractivity contribution >= 4 is 11.5 Å².